The van der Waals surface area contributed by atoms with E-state index >= 15 is 0 Å². The van der Waals surface area contributed by atoms with Crippen LogP contribution in [0.5, 0.6) is 0 Å². The quantitative estimate of drug-likeness (QED) is 0.561. The highest BCUT2D eigenvalue weighted by atomic mass is 16.5. The van der Waals surface area contributed by atoms with Crippen LogP contribution in [0.4, 0.5) is 0 Å². The van der Waals surface area contributed by atoms with Crippen LogP contribution in [0.2, 0.25) is 0 Å². The number of aromatic amines is 2. The number of ether oxygens (including phenoxy) is 1. The molecule has 1 aromatic carbocycles. The highest BCUT2D eigenvalue weighted by Crippen LogP contribution is 2.25. The van der Waals surface area contributed by atoms with Crippen molar-refractivity contribution >= 4 is 22.1 Å². The number of aromatic nitrogens is 4. The van der Waals surface area contributed by atoms with Crippen LogP contribution in [-0.2, 0) is 11.3 Å². The second-order valence-electron chi connectivity index (χ2n) is 7.97. The lowest BCUT2D eigenvalue weighted by atomic mass is 10.1. The molecule has 1 saturated heterocycles. The van der Waals surface area contributed by atoms with Gasteiger partial charge in [-0.15, -0.1) is 0 Å². The minimum absolute atomic E-state index is 0.111. The molecule has 0 spiro atoms. The Hall–Kier alpha value is -2.90. The van der Waals surface area contributed by atoms with E-state index in [4.69, 9.17) is 4.74 Å². The van der Waals surface area contributed by atoms with Crippen molar-refractivity contribution in [3.8, 4) is 11.1 Å². The molecule has 150 valence electrons. The lowest BCUT2D eigenvalue weighted by molar-refractivity contribution is -0.0685. The summed E-state index contributed by atoms with van der Waals surface area (Å²) in [7, 11) is 0. The van der Waals surface area contributed by atoms with Crippen LogP contribution in [-0.4, -0.2) is 56.3 Å². The molecule has 7 heteroatoms. The van der Waals surface area contributed by atoms with Crippen LogP contribution >= 0.6 is 0 Å². The summed E-state index contributed by atoms with van der Waals surface area (Å²) in [4.78, 5) is 25.5. The van der Waals surface area contributed by atoms with Gasteiger partial charge in [-0.25, -0.2) is 9.78 Å². The third-order valence-electron chi connectivity index (χ3n) is 5.65. The average Bonchev–Trinajstić information content (AvgIpc) is 3.28. The topological polar surface area (TPSA) is 78.9 Å². The molecule has 29 heavy (non-hydrogen) atoms. The molecule has 2 atom stereocenters. The van der Waals surface area contributed by atoms with Gasteiger partial charge >= 0.3 is 5.69 Å². The smallest absolute Gasteiger partial charge is 0.327 e. The highest BCUT2D eigenvalue weighted by Gasteiger charge is 2.22. The fraction of sp³-hybridized carbons (Fsp3) is 0.364. The van der Waals surface area contributed by atoms with Crippen LogP contribution < -0.4 is 5.69 Å². The fourth-order valence-electron chi connectivity index (χ4n) is 4.35. The van der Waals surface area contributed by atoms with Gasteiger partial charge in [-0.1, -0.05) is 6.07 Å². The number of nitrogens with zero attached hydrogens (tertiary/aromatic N) is 3. The first kappa shape index (κ1) is 18.1. The van der Waals surface area contributed by atoms with E-state index < -0.39 is 0 Å². The predicted molar refractivity (Wildman–Crippen MR) is 114 cm³/mol. The van der Waals surface area contributed by atoms with Crippen LogP contribution in [0.25, 0.3) is 33.2 Å². The van der Waals surface area contributed by atoms with Gasteiger partial charge in [0.25, 0.3) is 0 Å². The number of pyridine rings is 1. The van der Waals surface area contributed by atoms with Gasteiger partial charge in [0.15, 0.2) is 5.65 Å². The monoisotopic (exact) mass is 391 g/mol. The van der Waals surface area contributed by atoms with E-state index in [1.165, 1.54) is 0 Å². The standard InChI is InChI=1S/C22H25N5O2/c1-14-12-26(13-15(2)29-14)7-8-27-20-10-18(11-24-21(20)25-22(27)28)16-3-4-19-17(9-16)5-6-23-19/h3-6,9-11,14-15,23H,7-8,12-13H2,1-2H3,(H,24,25,28)/t14-,15+. The molecule has 0 unspecified atom stereocenters. The van der Waals surface area contributed by atoms with Gasteiger partial charge in [-0.3, -0.25) is 14.5 Å². The van der Waals surface area contributed by atoms with E-state index in [2.05, 4.69) is 64.0 Å². The lowest BCUT2D eigenvalue weighted by Gasteiger charge is -2.35. The molecule has 0 radical (unpaired) electrons. The highest BCUT2D eigenvalue weighted by molar-refractivity contribution is 5.86. The summed E-state index contributed by atoms with van der Waals surface area (Å²) in [6.45, 7) is 7.41. The summed E-state index contributed by atoms with van der Waals surface area (Å²) in [6.07, 6.45) is 4.19. The van der Waals surface area contributed by atoms with Gasteiger partial charge in [0, 0.05) is 49.7 Å². The molecule has 5 rings (SSSR count). The van der Waals surface area contributed by atoms with Gasteiger partial charge in [-0.2, -0.15) is 0 Å². The van der Waals surface area contributed by atoms with E-state index in [1.54, 1.807) is 4.57 Å². The van der Waals surface area contributed by atoms with Crippen LogP contribution in [0, 0.1) is 0 Å². The van der Waals surface area contributed by atoms with Crippen LogP contribution in [0.15, 0.2) is 47.5 Å². The van der Waals surface area contributed by atoms with E-state index in [-0.39, 0.29) is 17.9 Å². The van der Waals surface area contributed by atoms with Gasteiger partial charge in [0.05, 0.1) is 17.7 Å². The fourth-order valence-corrected chi connectivity index (χ4v) is 4.35. The first-order chi connectivity index (χ1) is 14.1. The van der Waals surface area contributed by atoms with Crippen molar-refractivity contribution in [1.82, 2.24) is 24.4 Å². The normalized spacial score (nSPS) is 20.6. The molecule has 7 nitrogen and oxygen atoms in total. The first-order valence-electron chi connectivity index (χ1n) is 10.1. The molecule has 0 bridgehead atoms. The van der Waals surface area contributed by atoms with Gasteiger partial charge in [0.1, 0.15) is 0 Å². The Labute approximate surface area is 168 Å². The maximum Gasteiger partial charge on any atom is 0.327 e. The summed E-state index contributed by atoms with van der Waals surface area (Å²) in [6, 6.07) is 10.4. The van der Waals surface area contributed by atoms with Gasteiger partial charge in [-0.05, 0) is 49.1 Å². The van der Waals surface area contributed by atoms with E-state index in [0.717, 1.165) is 47.2 Å². The van der Waals surface area contributed by atoms with Crippen molar-refractivity contribution in [3.63, 3.8) is 0 Å². The molecule has 2 N–H and O–H groups in total. The number of morpholine rings is 1. The summed E-state index contributed by atoms with van der Waals surface area (Å²) < 4.78 is 7.61. The van der Waals surface area contributed by atoms with Crippen molar-refractivity contribution in [1.29, 1.82) is 0 Å². The number of rotatable bonds is 4. The van der Waals surface area contributed by atoms with Crippen molar-refractivity contribution in [2.45, 2.75) is 32.6 Å². The summed E-state index contributed by atoms with van der Waals surface area (Å²) in [5, 5.41) is 1.16. The van der Waals surface area contributed by atoms with E-state index in [0.29, 0.717) is 12.2 Å². The summed E-state index contributed by atoms with van der Waals surface area (Å²) in [5.41, 5.74) is 4.56. The first-order valence-corrected chi connectivity index (χ1v) is 10.1. The molecule has 1 aliphatic rings. The minimum Gasteiger partial charge on any atom is -0.373 e. The third-order valence-corrected chi connectivity index (χ3v) is 5.65. The Balaban J connectivity index is 1.45. The van der Waals surface area contributed by atoms with Crippen molar-refractivity contribution < 1.29 is 4.74 Å². The zero-order chi connectivity index (χ0) is 20.0. The Bertz CT molecular complexity index is 1210. The Morgan fingerprint density at radius 1 is 1.10 bits per heavy atom. The van der Waals surface area contributed by atoms with E-state index in [9.17, 15) is 4.79 Å². The number of hydrogen-bond acceptors (Lipinski definition) is 4. The number of fused-ring (bicyclic) bond motifs is 2. The zero-order valence-corrected chi connectivity index (χ0v) is 16.7. The molecule has 3 aromatic heterocycles. The molecule has 0 aliphatic carbocycles. The lowest BCUT2D eigenvalue weighted by Crippen LogP contribution is -2.46. The molecule has 1 aliphatic heterocycles. The Morgan fingerprint density at radius 3 is 2.76 bits per heavy atom. The molecule has 1 fully saturated rings. The number of H-pyrrole nitrogens is 2. The summed E-state index contributed by atoms with van der Waals surface area (Å²) >= 11 is 0. The molecule has 4 aromatic rings. The number of imidazole rings is 1. The second-order valence-corrected chi connectivity index (χ2v) is 7.97. The second kappa shape index (κ2) is 7.17. The number of hydrogen-bond donors (Lipinski definition) is 2. The third kappa shape index (κ3) is 3.47. The maximum absolute atomic E-state index is 12.5. The minimum atomic E-state index is -0.111. The Kier molecular flexibility index (Phi) is 4.49. The number of benzene rings is 1. The Morgan fingerprint density at radius 2 is 1.93 bits per heavy atom. The molecular weight excluding hydrogens is 366 g/mol. The largest absolute Gasteiger partial charge is 0.373 e. The maximum atomic E-state index is 12.5. The average molecular weight is 391 g/mol. The zero-order valence-electron chi connectivity index (χ0n) is 16.7. The predicted octanol–water partition coefficient (Wildman–Crippen LogP) is 2.98. The van der Waals surface area contributed by atoms with Crippen LogP contribution in [0.3, 0.4) is 0 Å². The summed E-state index contributed by atoms with van der Waals surface area (Å²) in [5.74, 6) is 0. The van der Waals surface area contributed by atoms with E-state index in [1.807, 2.05) is 12.4 Å². The van der Waals surface area contributed by atoms with Crippen molar-refractivity contribution in [2.75, 3.05) is 19.6 Å². The number of nitrogens with one attached hydrogen (secondary N) is 2. The SMILES string of the molecule is C[C@@H]1CN(CCn2c(=O)[nH]c3ncc(-c4ccc5[nH]ccc5c4)cc32)C[C@H](C)O1. The molecule has 4 heterocycles. The van der Waals surface area contributed by atoms with Gasteiger partial charge in [0.2, 0.25) is 0 Å². The van der Waals surface area contributed by atoms with Crippen molar-refractivity contribution in [3.05, 3.63) is 53.2 Å². The molecular formula is C22H25N5O2. The van der Waals surface area contributed by atoms with Gasteiger partial charge < -0.3 is 9.72 Å². The van der Waals surface area contributed by atoms with Crippen molar-refractivity contribution in [2.24, 2.45) is 0 Å². The van der Waals surface area contributed by atoms with Crippen LogP contribution in [0.1, 0.15) is 13.8 Å². The molecule has 0 amide bonds. The molecule has 0 saturated carbocycles.